The molecule has 238 valence electrons. The lowest BCUT2D eigenvalue weighted by Crippen LogP contribution is -2.00. The van der Waals surface area contributed by atoms with Crippen LogP contribution < -0.4 is 0 Å². The molecule has 0 radical (unpaired) electrons. The molecule has 10 aromatic rings. The summed E-state index contributed by atoms with van der Waals surface area (Å²) in [6.07, 6.45) is 0. The average molecular weight is 668 g/mol. The lowest BCUT2D eigenvalue weighted by Gasteiger charge is -2.12. The molecule has 51 heavy (non-hydrogen) atoms. The van der Waals surface area contributed by atoms with E-state index in [-0.39, 0.29) is 0 Å². The lowest BCUT2D eigenvalue weighted by atomic mass is 9.96. The molecule has 0 amide bonds. The number of hydrogen-bond donors (Lipinski definition) is 0. The van der Waals surface area contributed by atoms with Crippen molar-refractivity contribution >= 4 is 53.1 Å². The highest BCUT2D eigenvalue weighted by Crippen LogP contribution is 2.40. The van der Waals surface area contributed by atoms with Gasteiger partial charge in [-0.25, -0.2) is 15.0 Å². The summed E-state index contributed by atoms with van der Waals surface area (Å²) >= 11 is 1.79. The fourth-order valence-electron chi connectivity index (χ4n) is 7.17. The quantitative estimate of drug-likeness (QED) is 0.183. The first-order chi connectivity index (χ1) is 25.2. The van der Waals surface area contributed by atoms with Crippen LogP contribution in [0, 0.1) is 0 Å². The Balaban J connectivity index is 1.13. The Morgan fingerprint density at radius 3 is 1.67 bits per heavy atom. The molecule has 0 atom stereocenters. The normalized spacial score (nSPS) is 11.5. The van der Waals surface area contributed by atoms with Crippen molar-refractivity contribution in [2.45, 2.75) is 0 Å². The minimum atomic E-state index is 0.647. The van der Waals surface area contributed by atoms with Gasteiger partial charge in [-0.05, 0) is 74.1 Å². The summed E-state index contributed by atoms with van der Waals surface area (Å²) in [5, 5.41) is 7.21. The minimum absolute atomic E-state index is 0.647. The van der Waals surface area contributed by atoms with Crippen LogP contribution in [0.15, 0.2) is 176 Å². The molecule has 0 spiro atoms. The number of fused-ring (bicyclic) bond motifs is 5. The summed E-state index contributed by atoms with van der Waals surface area (Å²) in [5.74, 6) is 1.98. The Morgan fingerprint density at radius 1 is 0.314 bits per heavy atom. The number of thiophene rings is 1. The maximum Gasteiger partial charge on any atom is 0.165 e. The zero-order chi connectivity index (χ0) is 33.7. The van der Waals surface area contributed by atoms with Gasteiger partial charge >= 0.3 is 0 Å². The minimum Gasteiger partial charge on any atom is -0.208 e. The van der Waals surface area contributed by atoms with Crippen LogP contribution in [0.4, 0.5) is 0 Å². The molecule has 2 heterocycles. The number of aromatic nitrogens is 3. The molecular weight excluding hydrogens is 639 g/mol. The first-order valence-electron chi connectivity index (χ1n) is 17.1. The monoisotopic (exact) mass is 667 g/mol. The molecular formula is C47H29N3S. The van der Waals surface area contributed by atoms with Crippen molar-refractivity contribution in [1.29, 1.82) is 0 Å². The van der Waals surface area contributed by atoms with Gasteiger partial charge in [-0.15, -0.1) is 11.3 Å². The van der Waals surface area contributed by atoms with Crippen LogP contribution in [-0.2, 0) is 0 Å². The second-order valence-corrected chi connectivity index (χ2v) is 13.9. The van der Waals surface area contributed by atoms with Gasteiger partial charge in [0.2, 0.25) is 0 Å². The Hall–Kier alpha value is -6.49. The van der Waals surface area contributed by atoms with Gasteiger partial charge in [-0.3, -0.25) is 0 Å². The van der Waals surface area contributed by atoms with Gasteiger partial charge in [-0.2, -0.15) is 0 Å². The van der Waals surface area contributed by atoms with Crippen molar-refractivity contribution in [3.05, 3.63) is 176 Å². The highest BCUT2D eigenvalue weighted by Gasteiger charge is 2.18. The Morgan fingerprint density at radius 2 is 0.843 bits per heavy atom. The Labute approximate surface area is 299 Å². The van der Waals surface area contributed by atoms with E-state index >= 15 is 0 Å². The van der Waals surface area contributed by atoms with Crippen molar-refractivity contribution < 1.29 is 0 Å². The van der Waals surface area contributed by atoms with Crippen LogP contribution in [0.2, 0.25) is 0 Å². The average Bonchev–Trinajstić information content (AvgIpc) is 3.59. The molecule has 0 saturated carbocycles. The van der Waals surface area contributed by atoms with Crippen molar-refractivity contribution in [3.63, 3.8) is 0 Å². The molecule has 0 bridgehead atoms. The first-order valence-corrected chi connectivity index (χ1v) is 17.9. The molecule has 0 aliphatic heterocycles. The molecule has 8 aromatic carbocycles. The van der Waals surface area contributed by atoms with Crippen molar-refractivity contribution in [1.82, 2.24) is 15.0 Å². The third-order valence-corrected chi connectivity index (χ3v) is 10.9. The van der Waals surface area contributed by atoms with E-state index in [2.05, 4.69) is 176 Å². The van der Waals surface area contributed by atoms with Crippen molar-refractivity contribution in [2.24, 2.45) is 0 Å². The van der Waals surface area contributed by atoms with Crippen molar-refractivity contribution in [3.8, 4) is 56.4 Å². The Kier molecular flexibility index (Phi) is 7.00. The highest BCUT2D eigenvalue weighted by atomic mass is 32.1. The van der Waals surface area contributed by atoms with E-state index in [1.807, 2.05) is 0 Å². The first kappa shape index (κ1) is 29.4. The van der Waals surface area contributed by atoms with Crippen LogP contribution in [0.25, 0.3) is 98.1 Å². The Bertz CT molecular complexity index is 2940. The summed E-state index contributed by atoms with van der Waals surface area (Å²) in [5.41, 5.74) is 7.57. The topological polar surface area (TPSA) is 38.7 Å². The summed E-state index contributed by atoms with van der Waals surface area (Å²) in [4.78, 5) is 15.6. The lowest BCUT2D eigenvalue weighted by molar-refractivity contribution is 1.08. The number of benzene rings is 8. The largest absolute Gasteiger partial charge is 0.208 e. The van der Waals surface area contributed by atoms with E-state index < -0.39 is 0 Å². The predicted octanol–water partition coefficient (Wildman–Crippen LogP) is 12.9. The van der Waals surface area contributed by atoms with Crippen LogP contribution >= 0.6 is 11.3 Å². The third-order valence-electron chi connectivity index (χ3n) is 9.71. The second kappa shape index (κ2) is 12.1. The van der Waals surface area contributed by atoms with E-state index in [0.29, 0.717) is 17.5 Å². The molecule has 10 rings (SSSR count). The maximum atomic E-state index is 5.21. The molecule has 0 unspecified atom stereocenters. The molecule has 2 aromatic heterocycles. The molecule has 0 fully saturated rings. The zero-order valence-electron chi connectivity index (χ0n) is 27.5. The third kappa shape index (κ3) is 5.25. The summed E-state index contributed by atoms with van der Waals surface area (Å²) < 4.78 is 2.43. The van der Waals surface area contributed by atoms with Crippen LogP contribution in [0.5, 0.6) is 0 Å². The molecule has 0 N–H and O–H groups in total. The predicted molar refractivity (Wildman–Crippen MR) is 215 cm³/mol. The van der Waals surface area contributed by atoms with Gasteiger partial charge in [0, 0.05) is 36.9 Å². The standard InChI is InChI=1S/C47H29N3S/c1-2-13-32-27-36(26-25-30(32)11-1)34-16-7-15-33(28-34)35-17-8-18-37(29-35)45-48-46(41-22-9-14-31-12-3-4-19-38(31)41)50-47(49-45)42-23-10-21-40-39-20-5-6-24-43(39)51-44(40)42/h1-29H. The smallest absolute Gasteiger partial charge is 0.165 e. The molecule has 0 saturated heterocycles. The number of rotatable bonds is 5. The van der Waals surface area contributed by atoms with Crippen LogP contribution in [-0.4, -0.2) is 15.0 Å². The molecule has 3 nitrogen and oxygen atoms in total. The SMILES string of the molecule is c1cc(-c2cccc(-c3nc(-c4cccc5ccccc45)nc(-c4cccc5c4sc4ccccc45)n3)c2)cc(-c2ccc3ccccc3c2)c1. The van der Waals surface area contributed by atoms with Gasteiger partial charge < -0.3 is 0 Å². The summed E-state index contributed by atoms with van der Waals surface area (Å²) in [7, 11) is 0. The van der Waals surface area contributed by atoms with E-state index in [1.54, 1.807) is 11.3 Å². The highest BCUT2D eigenvalue weighted by molar-refractivity contribution is 7.26. The maximum absolute atomic E-state index is 5.21. The fourth-order valence-corrected chi connectivity index (χ4v) is 8.39. The number of hydrogen-bond acceptors (Lipinski definition) is 4. The second-order valence-electron chi connectivity index (χ2n) is 12.8. The molecule has 0 aliphatic rings. The molecule has 0 aliphatic carbocycles. The molecule has 4 heteroatoms. The van der Waals surface area contributed by atoms with Gasteiger partial charge in [0.15, 0.2) is 17.5 Å². The van der Waals surface area contributed by atoms with Gasteiger partial charge in [0.1, 0.15) is 0 Å². The zero-order valence-corrected chi connectivity index (χ0v) is 28.3. The van der Waals surface area contributed by atoms with E-state index in [4.69, 9.17) is 15.0 Å². The summed E-state index contributed by atoms with van der Waals surface area (Å²) in [6, 6.07) is 62.3. The fraction of sp³-hybridized carbons (Fsp3) is 0. The van der Waals surface area contributed by atoms with Crippen LogP contribution in [0.3, 0.4) is 0 Å². The van der Waals surface area contributed by atoms with Gasteiger partial charge in [0.05, 0.1) is 0 Å². The van der Waals surface area contributed by atoms with Crippen molar-refractivity contribution in [2.75, 3.05) is 0 Å². The summed E-state index contributed by atoms with van der Waals surface area (Å²) in [6.45, 7) is 0. The van der Waals surface area contributed by atoms with E-state index in [0.717, 1.165) is 38.6 Å². The number of nitrogens with zero attached hydrogens (tertiary/aromatic N) is 3. The van der Waals surface area contributed by atoms with Gasteiger partial charge in [0.25, 0.3) is 0 Å². The van der Waals surface area contributed by atoms with Gasteiger partial charge in [-0.1, -0.05) is 146 Å². The van der Waals surface area contributed by atoms with E-state index in [1.165, 1.54) is 42.1 Å². The van der Waals surface area contributed by atoms with Crippen LogP contribution in [0.1, 0.15) is 0 Å². The van der Waals surface area contributed by atoms with E-state index in [9.17, 15) is 0 Å².